The van der Waals surface area contributed by atoms with E-state index in [9.17, 15) is 19.9 Å². The van der Waals surface area contributed by atoms with Crippen molar-refractivity contribution in [1.29, 1.82) is 0 Å². The standard InChI is InChI=1S/C8H19O7P/c1-3-7(10)8(11)6(5(2)9)4-15-16(12,13)14/h5-11H,3-4H2,1-2H3,(H2,12,13,14)/t5?,6?,7-,8-/m1/s1. The maximum Gasteiger partial charge on any atom is 0.469 e. The van der Waals surface area contributed by atoms with E-state index in [1.807, 2.05) is 0 Å². The van der Waals surface area contributed by atoms with Crippen LogP contribution in [0.3, 0.4) is 0 Å². The quantitative estimate of drug-likeness (QED) is 0.379. The highest BCUT2D eigenvalue weighted by atomic mass is 31.2. The molecule has 0 radical (unpaired) electrons. The number of hydrogen-bond acceptors (Lipinski definition) is 5. The van der Waals surface area contributed by atoms with Crippen molar-refractivity contribution in [2.75, 3.05) is 6.61 Å². The second-order valence-corrected chi connectivity index (χ2v) is 4.90. The van der Waals surface area contributed by atoms with Gasteiger partial charge in [0.2, 0.25) is 0 Å². The molecular formula is C8H19O7P. The zero-order chi connectivity index (χ0) is 12.9. The van der Waals surface area contributed by atoms with Gasteiger partial charge >= 0.3 is 7.82 Å². The topological polar surface area (TPSA) is 127 Å². The van der Waals surface area contributed by atoms with Crippen molar-refractivity contribution >= 4 is 7.82 Å². The minimum atomic E-state index is -4.64. The molecule has 7 nitrogen and oxygen atoms in total. The molecule has 0 aliphatic carbocycles. The van der Waals surface area contributed by atoms with Crippen molar-refractivity contribution in [2.45, 2.75) is 38.6 Å². The fourth-order valence-electron chi connectivity index (χ4n) is 1.23. The molecule has 0 spiro atoms. The van der Waals surface area contributed by atoms with Crippen LogP contribution < -0.4 is 0 Å². The van der Waals surface area contributed by atoms with Gasteiger partial charge in [0.25, 0.3) is 0 Å². The van der Waals surface area contributed by atoms with Gasteiger partial charge in [-0.2, -0.15) is 0 Å². The minimum absolute atomic E-state index is 0.264. The summed E-state index contributed by atoms with van der Waals surface area (Å²) in [6.45, 7) is 2.45. The maximum absolute atomic E-state index is 10.5. The molecule has 0 aliphatic heterocycles. The summed E-state index contributed by atoms with van der Waals surface area (Å²) in [5.41, 5.74) is 0. The average molecular weight is 258 g/mol. The van der Waals surface area contributed by atoms with E-state index in [1.165, 1.54) is 6.92 Å². The first-order chi connectivity index (χ1) is 7.19. The molecule has 0 heterocycles. The van der Waals surface area contributed by atoms with Gasteiger partial charge < -0.3 is 25.1 Å². The highest BCUT2D eigenvalue weighted by Crippen LogP contribution is 2.37. The molecule has 8 heteroatoms. The predicted octanol–water partition coefficient (Wildman–Crippen LogP) is -0.776. The van der Waals surface area contributed by atoms with Crippen LogP contribution in [0.4, 0.5) is 0 Å². The van der Waals surface area contributed by atoms with Gasteiger partial charge in [0.05, 0.1) is 24.9 Å². The van der Waals surface area contributed by atoms with E-state index < -0.39 is 38.7 Å². The van der Waals surface area contributed by atoms with Crippen molar-refractivity contribution in [1.82, 2.24) is 0 Å². The van der Waals surface area contributed by atoms with Crippen LogP contribution in [0.25, 0.3) is 0 Å². The Kier molecular flexibility index (Phi) is 6.65. The Morgan fingerprint density at radius 3 is 2.06 bits per heavy atom. The Bertz CT molecular complexity index is 239. The third kappa shape index (κ3) is 5.91. The van der Waals surface area contributed by atoms with Crippen LogP contribution in [0.1, 0.15) is 20.3 Å². The first-order valence-corrected chi connectivity index (χ1v) is 6.46. The smallest absolute Gasteiger partial charge is 0.393 e. The Labute approximate surface area is 93.9 Å². The fraction of sp³-hybridized carbons (Fsp3) is 1.00. The van der Waals surface area contributed by atoms with Gasteiger partial charge in [-0.3, -0.25) is 4.52 Å². The number of phosphoric ester groups is 1. The monoisotopic (exact) mass is 258 g/mol. The highest BCUT2D eigenvalue weighted by Gasteiger charge is 2.31. The average Bonchev–Trinajstić information content (AvgIpc) is 2.14. The molecule has 0 amide bonds. The molecular weight excluding hydrogens is 239 g/mol. The molecule has 0 aliphatic rings. The third-order valence-electron chi connectivity index (χ3n) is 2.31. The lowest BCUT2D eigenvalue weighted by molar-refractivity contribution is -0.0695. The number of phosphoric acid groups is 1. The normalized spacial score (nSPS) is 20.2. The van der Waals surface area contributed by atoms with Crippen molar-refractivity contribution in [3.05, 3.63) is 0 Å². The third-order valence-corrected chi connectivity index (χ3v) is 2.79. The molecule has 5 N–H and O–H groups in total. The van der Waals surface area contributed by atoms with Crippen molar-refractivity contribution < 1.29 is 34.2 Å². The largest absolute Gasteiger partial charge is 0.469 e. The molecule has 0 aromatic heterocycles. The summed E-state index contributed by atoms with van der Waals surface area (Å²) in [5.74, 6) is -0.956. The van der Waals surface area contributed by atoms with Crippen LogP contribution in [-0.4, -0.2) is 50.0 Å². The highest BCUT2D eigenvalue weighted by molar-refractivity contribution is 7.46. The van der Waals surface area contributed by atoms with Gasteiger partial charge in [0, 0.05) is 5.92 Å². The second kappa shape index (κ2) is 6.66. The lowest BCUT2D eigenvalue weighted by atomic mass is 9.93. The molecule has 0 saturated carbocycles. The van der Waals surface area contributed by atoms with Crippen molar-refractivity contribution in [3.8, 4) is 0 Å². The zero-order valence-corrected chi connectivity index (χ0v) is 10.1. The van der Waals surface area contributed by atoms with Crippen LogP contribution in [0.5, 0.6) is 0 Å². The summed E-state index contributed by atoms with van der Waals surface area (Å²) in [6.07, 6.45) is -3.15. The zero-order valence-electron chi connectivity index (χ0n) is 9.22. The lowest BCUT2D eigenvalue weighted by Crippen LogP contribution is -2.41. The van der Waals surface area contributed by atoms with Gasteiger partial charge in [0.15, 0.2) is 0 Å². The molecule has 0 rings (SSSR count). The summed E-state index contributed by atoms with van der Waals surface area (Å²) in [6, 6.07) is 0. The number of aliphatic hydroxyl groups excluding tert-OH is 3. The SMILES string of the molecule is CC[C@@H](O)[C@H](O)C(COP(=O)(O)O)C(C)O. The predicted molar refractivity (Wildman–Crippen MR) is 55.5 cm³/mol. The van der Waals surface area contributed by atoms with Crippen LogP contribution in [-0.2, 0) is 9.09 Å². The van der Waals surface area contributed by atoms with Gasteiger partial charge in [0.1, 0.15) is 0 Å². The summed E-state index contributed by atoms with van der Waals surface area (Å²) < 4.78 is 14.7. The van der Waals surface area contributed by atoms with E-state index in [-0.39, 0.29) is 6.42 Å². The molecule has 0 fully saturated rings. The number of rotatable bonds is 7. The van der Waals surface area contributed by atoms with E-state index in [0.29, 0.717) is 0 Å². The van der Waals surface area contributed by atoms with Crippen molar-refractivity contribution in [3.63, 3.8) is 0 Å². The first kappa shape index (κ1) is 16.0. The molecule has 98 valence electrons. The molecule has 16 heavy (non-hydrogen) atoms. The van der Waals surface area contributed by atoms with E-state index >= 15 is 0 Å². The molecule has 0 aromatic carbocycles. The summed E-state index contributed by atoms with van der Waals surface area (Å²) in [4.78, 5) is 17.0. The Hall–Kier alpha value is -0.0100. The van der Waals surface area contributed by atoms with Crippen molar-refractivity contribution in [2.24, 2.45) is 5.92 Å². The summed E-state index contributed by atoms with van der Waals surface area (Å²) >= 11 is 0. The van der Waals surface area contributed by atoms with Crippen LogP contribution in [0.2, 0.25) is 0 Å². The molecule has 0 saturated heterocycles. The number of hydrogen-bond donors (Lipinski definition) is 5. The van der Waals surface area contributed by atoms with Crippen LogP contribution in [0, 0.1) is 5.92 Å². The fourth-order valence-corrected chi connectivity index (χ4v) is 1.60. The second-order valence-electron chi connectivity index (χ2n) is 3.66. The van der Waals surface area contributed by atoms with Gasteiger partial charge in [-0.25, -0.2) is 4.57 Å². The minimum Gasteiger partial charge on any atom is -0.393 e. The summed E-state index contributed by atoms with van der Waals surface area (Å²) in [7, 11) is -4.64. The van der Waals surface area contributed by atoms with E-state index in [2.05, 4.69) is 4.52 Å². The molecule has 0 bridgehead atoms. The maximum atomic E-state index is 10.5. The van der Waals surface area contributed by atoms with E-state index in [0.717, 1.165) is 0 Å². The Balaban J connectivity index is 4.44. The van der Waals surface area contributed by atoms with Gasteiger partial charge in [-0.05, 0) is 13.3 Å². The van der Waals surface area contributed by atoms with E-state index in [4.69, 9.17) is 9.79 Å². The summed E-state index contributed by atoms with van der Waals surface area (Å²) in [5, 5.41) is 28.3. The Morgan fingerprint density at radius 1 is 1.25 bits per heavy atom. The molecule has 0 aromatic rings. The van der Waals surface area contributed by atoms with Gasteiger partial charge in [-0.1, -0.05) is 6.92 Å². The van der Waals surface area contributed by atoms with E-state index in [1.54, 1.807) is 6.92 Å². The number of aliphatic hydroxyl groups is 3. The van der Waals surface area contributed by atoms with Crippen LogP contribution >= 0.6 is 7.82 Å². The molecule has 4 atom stereocenters. The first-order valence-electron chi connectivity index (χ1n) is 4.93. The lowest BCUT2D eigenvalue weighted by Gasteiger charge is -2.28. The van der Waals surface area contributed by atoms with Crippen LogP contribution in [0.15, 0.2) is 0 Å². The Morgan fingerprint density at radius 2 is 1.75 bits per heavy atom. The van der Waals surface area contributed by atoms with Gasteiger partial charge in [-0.15, -0.1) is 0 Å². The molecule has 2 unspecified atom stereocenters.